The Morgan fingerprint density at radius 3 is 1.16 bits per heavy atom. The molecule has 0 amide bonds. The van der Waals surface area contributed by atoms with Gasteiger partial charge in [-0.15, -0.1) is 0 Å². The molecule has 2 aliphatic carbocycles. The Hall–Kier alpha value is -5.86. The van der Waals surface area contributed by atoms with E-state index in [1.165, 1.54) is 77.2 Å². The standard InChI is InChI=1S/C48H34O2/c1-47(2)35-25-34-36(26-33(35)41-37(47)23-31(27-15-7-5-8-16-27)45-43(41)29-19-11-13-21-39(29)49-45)48(3,4)38-24-32(28-17-9-6-10-18-28)46-44(42(34)38)30-20-12-14-22-40(30)50-46/h5-26H,1-4H3. The number of hydrogen-bond acceptors (Lipinski definition) is 2. The largest absolute Gasteiger partial charge is 0.455 e. The van der Waals surface area contributed by atoms with Crippen LogP contribution in [-0.2, 0) is 10.8 Å². The Morgan fingerprint density at radius 1 is 0.380 bits per heavy atom. The number of furan rings is 2. The molecule has 0 spiro atoms. The first-order valence-electron chi connectivity index (χ1n) is 17.6. The topological polar surface area (TPSA) is 26.3 Å². The average molecular weight is 643 g/mol. The van der Waals surface area contributed by atoms with Crippen LogP contribution in [0.1, 0.15) is 49.9 Å². The van der Waals surface area contributed by atoms with Crippen LogP contribution in [0.3, 0.4) is 0 Å². The van der Waals surface area contributed by atoms with E-state index in [-0.39, 0.29) is 10.8 Å². The molecule has 50 heavy (non-hydrogen) atoms. The summed E-state index contributed by atoms with van der Waals surface area (Å²) in [6, 6.07) is 48.3. The lowest BCUT2D eigenvalue weighted by Gasteiger charge is -2.24. The molecule has 7 aromatic carbocycles. The zero-order valence-corrected chi connectivity index (χ0v) is 28.5. The summed E-state index contributed by atoms with van der Waals surface area (Å²) < 4.78 is 13.5. The first-order chi connectivity index (χ1) is 24.3. The number of benzene rings is 7. The zero-order valence-electron chi connectivity index (χ0n) is 28.5. The molecular formula is C48H34O2. The SMILES string of the molecule is CC1(C)c2cc3c(cc2-c2c1cc(-c1ccccc1)c1oc4ccccc4c21)C(C)(C)c1cc(-c2ccccc2)c2oc4ccccc4c2c1-3. The van der Waals surface area contributed by atoms with Crippen LogP contribution >= 0.6 is 0 Å². The third-order valence-electron chi connectivity index (χ3n) is 11.9. The minimum absolute atomic E-state index is 0.232. The summed E-state index contributed by atoms with van der Waals surface area (Å²) in [6.07, 6.45) is 0. The molecule has 0 atom stereocenters. The van der Waals surface area contributed by atoms with Crippen molar-refractivity contribution in [2.45, 2.75) is 38.5 Å². The van der Waals surface area contributed by atoms with Crippen molar-refractivity contribution in [3.8, 4) is 44.5 Å². The van der Waals surface area contributed by atoms with Gasteiger partial charge in [0.05, 0.1) is 0 Å². The second kappa shape index (κ2) is 9.43. The third kappa shape index (κ3) is 3.43. The van der Waals surface area contributed by atoms with Gasteiger partial charge in [0.2, 0.25) is 0 Å². The molecule has 0 bridgehead atoms. The first kappa shape index (κ1) is 28.0. The van der Waals surface area contributed by atoms with Gasteiger partial charge in [0.15, 0.2) is 0 Å². The lowest BCUT2D eigenvalue weighted by molar-refractivity contribution is 0.650. The number of rotatable bonds is 2. The highest BCUT2D eigenvalue weighted by atomic mass is 16.3. The van der Waals surface area contributed by atoms with E-state index >= 15 is 0 Å². The number of hydrogen-bond donors (Lipinski definition) is 0. The molecule has 238 valence electrons. The fourth-order valence-electron chi connectivity index (χ4n) is 9.35. The van der Waals surface area contributed by atoms with Crippen molar-refractivity contribution in [2.24, 2.45) is 0 Å². The number of para-hydroxylation sites is 2. The van der Waals surface area contributed by atoms with Crippen LogP contribution in [-0.4, -0.2) is 0 Å². The molecule has 0 saturated heterocycles. The average Bonchev–Trinajstić information content (AvgIpc) is 3.84. The molecule has 0 saturated carbocycles. The quantitative estimate of drug-likeness (QED) is 0.188. The molecular weight excluding hydrogens is 609 g/mol. The maximum absolute atomic E-state index is 6.76. The van der Waals surface area contributed by atoms with Gasteiger partial charge in [0.1, 0.15) is 22.3 Å². The number of fused-ring (bicyclic) bond motifs is 14. The Kier molecular flexibility index (Phi) is 5.28. The predicted molar refractivity (Wildman–Crippen MR) is 207 cm³/mol. The lowest BCUT2D eigenvalue weighted by Crippen LogP contribution is -2.17. The van der Waals surface area contributed by atoms with Crippen LogP contribution in [0.4, 0.5) is 0 Å². The Labute approximate surface area is 290 Å². The minimum Gasteiger partial charge on any atom is -0.455 e. The van der Waals surface area contributed by atoms with Gasteiger partial charge in [-0.3, -0.25) is 0 Å². The van der Waals surface area contributed by atoms with Gasteiger partial charge >= 0.3 is 0 Å². The van der Waals surface area contributed by atoms with Crippen LogP contribution in [0.15, 0.2) is 142 Å². The molecule has 0 radical (unpaired) electrons. The predicted octanol–water partition coefficient (Wildman–Crippen LogP) is 13.4. The molecule has 0 unspecified atom stereocenters. The molecule has 2 heterocycles. The summed E-state index contributed by atoms with van der Waals surface area (Å²) in [7, 11) is 0. The van der Waals surface area contributed by atoms with Crippen molar-refractivity contribution in [1.29, 1.82) is 0 Å². The van der Waals surface area contributed by atoms with Gasteiger partial charge in [-0.25, -0.2) is 0 Å². The highest BCUT2D eigenvalue weighted by Crippen LogP contribution is 2.61. The summed E-state index contributed by atoms with van der Waals surface area (Å²) in [5, 5.41) is 4.77. The van der Waals surface area contributed by atoms with Gasteiger partial charge in [0, 0.05) is 43.5 Å². The van der Waals surface area contributed by atoms with E-state index in [9.17, 15) is 0 Å². The molecule has 2 nitrogen and oxygen atoms in total. The van der Waals surface area contributed by atoms with E-state index < -0.39 is 0 Å². The molecule has 11 rings (SSSR count). The summed E-state index contributed by atoms with van der Waals surface area (Å²) in [5.74, 6) is 0. The smallest absolute Gasteiger partial charge is 0.143 e. The highest BCUT2D eigenvalue weighted by Gasteiger charge is 2.44. The van der Waals surface area contributed by atoms with Crippen LogP contribution < -0.4 is 0 Å². The van der Waals surface area contributed by atoms with Gasteiger partial charge in [0.25, 0.3) is 0 Å². The minimum atomic E-state index is -0.232. The Bertz CT molecular complexity index is 2700. The van der Waals surface area contributed by atoms with Gasteiger partial charge in [-0.05, 0) is 92.0 Å². The van der Waals surface area contributed by atoms with Crippen molar-refractivity contribution < 1.29 is 8.83 Å². The van der Waals surface area contributed by atoms with E-state index in [2.05, 4.69) is 161 Å². The van der Waals surface area contributed by atoms with E-state index in [1.54, 1.807) is 0 Å². The summed E-state index contributed by atoms with van der Waals surface area (Å²) in [6.45, 7) is 9.59. The van der Waals surface area contributed by atoms with E-state index in [1.807, 2.05) is 0 Å². The maximum Gasteiger partial charge on any atom is 0.143 e. The third-order valence-corrected chi connectivity index (χ3v) is 11.9. The van der Waals surface area contributed by atoms with E-state index in [4.69, 9.17) is 8.83 Å². The van der Waals surface area contributed by atoms with Crippen LogP contribution in [0.2, 0.25) is 0 Å². The van der Waals surface area contributed by atoms with Gasteiger partial charge in [-0.2, -0.15) is 0 Å². The van der Waals surface area contributed by atoms with Crippen LogP contribution in [0, 0.1) is 0 Å². The lowest BCUT2D eigenvalue weighted by atomic mass is 9.79. The van der Waals surface area contributed by atoms with E-state index in [0.717, 1.165) is 33.5 Å². The molecule has 0 N–H and O–H groups in total. The van der Waals surface area contributed by atoms with Crippen molar-refractivity contribution in [1.82, 2.24) is 0 Å². The molecule has 0 fully saturated rings. The summed E-state index contributed by atoms with van der Waals surface area (Å²) >= 11 is 0. The fourth-order valence-corrected chi connectivity index (χ4v) is 9.35. The molecule has 9 aromatic rings. The maximum atomic E-state index is 6.76. The monoisotopic (exact) mass is 642 g/mol. The van der Waals surface area contributed by atoms with Crippen LogP contribution in [0.5, 0.6) is 0 Å². The molecule has 0 aliphatic heterocycles. The van der Waals surface area contributed by atoms with Crippen molar-refractivity contribution >= 4 is 43.9 Å². The Morgan fingerprint density at radius 2 is 0.740 bits per heavy atom. The Balaban J connectivity index is 1.25. The second-order valence-electron chi connectivity index (χ2n) is 15.2. The van der Waals surface area contributed by atoms with Crippen molar-refractivity contribution in [2.75, 3.05) is 0 Å². The molecule has 2 aliphatic rings. The van der Waals surface area contributed by atoms with Gasteiger partial charge < -0.3 is 8.83 Å². The fraction of sp³-hybridized carbons (Fsp3) is 0.125. The summed E-state index contributed by atoms with van der Waals surface area (Å²) in [4.78, 5) is 0. The van der Waals surface area contributed by atoms with Crippen molar-refractivity contribution in [3.63, 3.8) is 0 Å². The highest BCUT2D eigenvalue weighted by molar-refractivity contribution is 6.21. The molecule has 2 aromatic heterocycles. The molecule has 2 heteroatoms. The zero-order chi connectivity index (χ0) is 33.5. The van der Waals surface area contributed by atoms with E-state index in [0.29, 0.717) is 0 Å². The summed E-state index contributed by atoms with van der Waals surface area (Å²) in [5.41, 5.74) is 18.6. The van der Waals surface area contributed by atoms with Gasteiger partial charge in [-0.1, -0.05) is 125 Å². The normalized spacial score (nSPS) is 15.1. The van der Waals surface area contributed by atoms with Crippen molar-refractivity contribution in [3.05, 3.63) is 156 Å². The van der Waals surface area contributed by atoms with Crippen LogP contribution in [0.25, 0.3) is 88.4 Å². The first-order valence-corrected chi connectivity index (χ1v) is 17.6. The second-order valence-corrected chi connectivity index (χ2v) is 15.2.